The molecule has 8 atom stereocenters. The summed E-state index contributed by atoms with van der Waals surface area (Å²) in [5, 5.41) is 12.4. The fraction of sp³-hybridized carbons (Fsp3) is 0.865. The summed E-state index contributed by atoms with van der Waals surface area (Å²) in [7, 11) is 0. The molecule has 4 fully saturated rings. The molecule has 2 N–H and O–H groups in total. The molecule has 4 saturated carbocycles. The van der Waals surface area contributed by atoms with Crippen molar-refractivity contribution >= 4 is 17.8 Å². The van der Waals surface area contributed by atoms with Crippen molar-refractivity contribution in [1.29, 1.82) is 0 Å². The number of amides is 1. The lowest BCUT2D eigenvalue weighted by atomic mass is 9.33. The summed E-state index contributed by atoms with van der Waals surface area (Å²) in [5.74, 6) is 0.195. The van der Waals surface area contributed by atoms with Crippen LogP contribution in [0.2, 0.25) is 0 Å². The van der Waals surface area contributed by atoms with Gasteiger partial charge in [0.05, 0.1) is 18.3 Å². The van der Waals surface area contributed by atoms with Crippen LogP contribution in [0.4, 0.5) is 0 Å². The average molecular weight is 598 g/mol. The lowest BCUT2D eigenvalue weighted by Crippen LogP contribution is -2.65. The monoisotopic (exact) mass is 597 g/mol. The van der Waals surface area contributed by atoms with Gasteiger partial charge in [-0.15, -0.1) is 0 Å². The van der Waals surface area contributed by atoms with Gasteiger partial charge in [0.15, 0.2) is 0 Å². The van der Waals surface area contributed by atoms with Gasteiger partial charge in [-0.1, -0.05) is 60.1 Å². The molecule has 6 nitrogen and oxygen atoms in total. The molecule has 0 spiro atoms. The molecule has 0 heterocycles. The summed E-state index contributed by atoms with van der Waals surface area (Å²) in [6.07, 6.45) is 12.6. The highest BCUT2D eigenvalue weighted by molar-refractivity contribution is 5.84. The van der Waals surface area contributed by atoms with Crippen molar-refractivity contribution < 1.29 is 24.2 Å². The number of fused-ring (bicyclic) bond motifs is 7. The number of carboxylic acids is 1. The highest BCUT2D eigenvalue weighted by Gasteiger charge is 2.69. The van der Waals surface area contributed by atoms with Gasteiger partial charge < -0.3 is 15.2 Å². The first kappa shape index (κ1) is 32.5. The standard InChI is InChI=1S/C37H59NO5/c1-23(2)38-31(42)37-20-18-32(3,4)22-25(37)24-10-11-27-34(7)16-15-28(43-30(41)13-12-29(39)40)33(5,6)26(34)14-17-36(27,9)35(24,8)19-21-37/h10,23,25-28H,11-22H2,1-9H3,(H,38,42)(H,39,40)/t25?,26?,27?,28-,34-,35+,36+,37-/m0/s1. The summed E-state index contributed by atoms with van der Waals surface area (Å²) >= 11 is 0. The maximum atomic E-state index is 14.0. The average Bonchev–Trinajstić information content (AvgIpc) is 2.88. The van der Waals surface area contributed by atoms with Gasteiger partial charge in [0.1, 0.15) is 6.10 Å². The van der Waals surface area contributed by atoms with Gasteiger partial charge in [0.2, 0.25) is 5.91 Å². The van der Waals surface area contributed by atoms with Crippen molar-refractivity contribution in [2.45, 2.75) is 152 Å². The number of esters is 1. The third-order valence-electron chi connectivity index (χ3n) is 14.3. The fourth-order valence-corrected chi connectivity index (χ4v) is 11.7. The molecular formula is C37H59NO5. The van der Waals surface area contributed by atoms with Crippen LogP contribution in [0, 0.1) is 50.2 Å². The van der Waals surface area contributed by atoms with Crippen molar-refractivity contribution in [2.75, 3.05) is 0 Å². The van der Waals surface area contributed by atoms with Gasteiger partial charge in [-0.05, 0) is 117 Å². The van der Waals surface area contributed by atoms with Crippen molar-refractivity contribution in [3.63, 3.8) is 0 Å². The van der Waals surface area contributed by atoms with Crippen molar-refractivity contribution in [3.05, 3.63) is 11.6 Å². The molecule has 0 aromatic rings. The first-order valence-electron chi connectivity index (χ1n) is 17.3. The Labute approximate surface area is 260 Å². The second-order valence-electron chi connectivity index (χ2n) is 17.7. The molecule has 5 aliphatic carbocycles. The Balaban J connectivity index is 1.47. The second-order valence-corrected chi connectivity index (χ2v) is 17.7. The lowest BCUT2D eigenvalue weighted by Gasteiger charge is -2.71. The Hall–Kier alpha value is -1.85. The molecule has 5 aliphatic rings. The Bertz CT molecular complexity index is 1190. The van der Waals surface area contributed by atoms with Crippen LogP contribution in [-0.2, 0) is 19.1 Å². The minimum atomic E-state index is -0.963. The van der Waals surface area contributed by atoms with E-state index in [-0.39, 0.29) is 69.4 Å². The molecule has 3 unspecified atom stereocenters. The molecule has 0 aromatic heterocycles. The van der Waals surface area contributed by atoms with Crippen molar-refractivity contribution in [1.82, 2.24) is 5.32 Å². The van der Waals surface area contributed by atoms with Gasteiger partial charge >= 0.3 is 11.9 Å². The van der Waals surface area contributed by atoms with Crippen LogP contribution >= 0.6 is 0 Å². The zero-order valence-electron chi connectivity index (χ0n) is 28.5. The topological polar surface area (TPSA) is 92.7 Å². The molecule has 0 aromatic carbocycles. The molecule has 242 valence electrons. The quantitative estimate of drug-likeness (QED) is 0.238. The Morgan fingerprint density at radius 1 is 0.907 bits per heavy atom. The molecule has 0 saturated heterocycles. The molecule has 43 heavy (non-hydrogen) atoms. The number of rotatable bonds is 6. The maximum absolute atomic E-state index is 14.0. The number of allylic oxidation sites excluding steroid dienone is 2. The molecule has 5 rings (SSSR count). The van der Waals surface area contributed by atoms with Crippen LogP contribution in [0.3, 0.4) is 0 Å². The van der Waals surface area contributed by atoms with E-state index < -0.39 is 5.97 Å². The van der Waals surface area contributed by atoms with Crippen LogP contribution in [-0.4, -0.2) is 35.1 Å². The van der Waals surface area contributed by atoms with E-state index in [2.05, 4.69) is 73.7 Å². The highest BCUT2D eigenvalue weighted by Crippen LogP contribution is 2.75. The van der Waals surface area contributed by atoms with Gasteiger partial charge in [-0.25, -0.2) is 0 Å². The molecule has 1 amide bonds. The SMILES string of the molecule is CC(C)NC(=O)[C@]12CCC(C)(C)CC1C1=CCC3[C@@]4(C)CC[C@H](OC(=O)CCC(=O)O)C(C)(C)C4CC[C@@]3(C)[C@]1(C)CC2. The number of carbonyl (C=O) groups excluding carboxylic acids is 2. The van der Waals surface area contributed by atoms with Crippen LogP contribution in [0.25, 0.3) is 0 Å². The van der Waals surface area contributed by atoms with Crippen LogP contribution in [0.1, 0.15) is 139 Å². The third-order valence-corrected chi connectivity index (χ3v) is 14.3. The normalized spacial score (nSPS) is 42.8. The number of hydrogen-bond acceptors (Lipinski definition) is 4. The Morgan fingerprint density at radius 2 is 1.58 bits per heavy atom. The van der Waals surface area contributed by atoms with Gasteiger partial charge in [0.25, 0.3) is 0 Å². The van der Waals surface area contributed by atoms with E-state index in [1.165, 1.54) is 0 Å². The fourth-order valence-electron chi connectivity index (χ4n) is 11.7. The minimum absolute atomic E-state index is 0.0634. The summed E-state index contributed by atoms with van der Waals surface area (Å²) < 4.78 is 6.01. The predicted molar refractivity (Wildman–Crippen MR) is 169 cm³/mol. The Kier molecular flexibility index (Phi) is 8.03. The molecular weight excluding hydrogens is 538 g/mol. The number of aliphatic carboxylic acids is 1. The first-order chi connectivity index (χ1) is 19.8. The summed E-state index contributed by atoms with van der Waals surface area (Å²) in [6.45, 7) is 21.2. The predicted octanol–water partition coefficient (Wildman–Crippen LogP) is 8.09. The van der Waals surface area contributed by atoms with Crippen LogP contribution in [0.15, 0.2) is 11.6 Å². The number of hydrogen-bond donors (Lipinski definition) is 2. The lowest BCUT2D eigenvalue weighted by molar-refractivity contribution is -0.213. The van der Waals surface area contributed by atoms with E-state index in [9.17, 15) is 14.4 Å². The van der Waals surface area contributed by atoms with E-state index in [0.29, 0.717) is 17.8 Å². The molecule has 0 bridgehead atoms. The minimum Gasteiger partial charge on any atom is -0.481 e. The number of ether oxygens (including phenoxy) is 1. The van der Waals surface area contributed by atoms with E-state index in [1.807, 2.05) is 0 Å². The zero-order chi connectivity index (χ0) is 31.8. The summed E-state index contributed by atoms with van der Waals surface area (Å²) in [6, 6.07) is 0.151. The van der Waals surface area contributed by atoms with Crippen LogP contribution in [0.5, 0.6) is 0 Å². The molecule has 0 aliphatic heterocycles. The largest absolute Gasteiger partial charge is 0.481 e. The zero-order valence-corrected chi connectivity index (χ0v) is 28.5. The third kappa shape index (κ3) is 5.00. The number of carbonyl (C=O) groups is 3. The first-order valence-corrected chi connectivity index (χ1v) is 17.3. The van der Waals surface area contributed by atoms with Crippen LogP contribution < -0.4 is 5.32 Å². The highest BCUT2D eigenvalue weighted by atomic mass is 16.5. The smallest absolute Gasteiger partial charge is 0.306 e. The maximum Gasteiger partial charge on any atom is 0.306 e. The van der Waals surface area contributed by atoms with Gasteiger partial charge in [0, 0.05) is 11.5 Å². The van der Waals surface area contributed by atoms with E-state index in [4.69, 9.17) is 9.84 Å². The van der Waals surface area contributed by atoms with E-state index in [1.54, 1.807) is 5.57 Å². The molecule has 0 radical (unpaired) electrons. The summed E-state index contributed by atoms with van der Waals surface area (Å²) in [5.41, 5.74) is 1.69. The molecule has 6 heteroatoms. The van der Waals surface area contributed by atoms with Crippen molar-refractivity contribution in [2.24, 2.45) is 50.2 Å². The van der Waals surface area contributed by atoms with Gasteiger partial charge in [-0.2, -0.15) is 0 Å². The second kappa shape index (κ2) is 10.6. The number of carboxylic acid groups (broad SMARTS) is 1. The van der Waals surface area contributed by atoms with E-state index in [0.717, 1.165) is 64.2 Å². The summed E-state index contributed by atoms with van der Waals surface area (Å²) in [4.78, 5) is 37.6. The van der Waals surface area contributed by atoms with Crippen molar-refractivity contribution in [3.8, 4) is 0 Å². The van der Waals surface area contributed by atoms with Gasteiger partial charge in [-0.3, -0.25) is 14.4 Å². The number of nitrogens with one attached hydrogen (secondary N) is 1. The Morgan fingerprint density at radius 3 is 2.23 bits per heavy atom. The van der Waals surface area contributed by atoms with E-state index >= 15 is 0 Å².